The van der Waals surface area contributed by atoms with E-state index in [-0.39, 0.29) is 10.8 Å². The molecule has 0 atom stereocenters. The van der Waals surface area contributed by atoms with Crippen LogP contribution in [-0.2, 0) is 10.8 Å². The third-order valence-electron chi connectivity index (χ3n) is 4.73. The van der Waals surface area contributed by atoms with E-state index in [1.54, 1.807) is 0 Å². The Balaban J connectivity index is 3.24. The molecule has 0 bridgehead atoms. The van der Waals surface area contributed by atoms with Crippen LogP contribution in [0.25, 0.3) is 0 Å². The van der Waals surface area contributed by atoms with Gasteiger partial charge in [0.25, 0.3) is 0 Å². The molecule has 1 rings (SSSR count). The SMILES string of the molecule is CCC(C)(C)c1ccc(OCCC#N)c(C(C)(C)CC)c1. The first kappa shape index (κ1) is 17.6. The maximum absolute atomic E-state index is 8.67. The number of rotatable bonds is 7. The number of hydrogen-bond acceptors (Lipinski definition) is 2. The lowest BCUT2D eigenvalue weighted by Crippen LogP contribution is -2.21. The van der Waals surface area contributed by atoms with E-state index < -0.39 is 0 Å². The van der Waals surface area contributed by atoms with Crippen LogP contribution in [0.2, 0.25) is 0 Å². The van der Waals surface area contributed by atoms with E-state index >= 15 is 0 Å². The zero-order chi connectivity index (χ0) is 16.1. The van der Waals surface area contributed by atoms with Gasteiger partial charge in [-0.15, -0.1) is 0 Å². The summed E-state index contributed by atoms with van der Waals surface area (Å²) in [5.74, 6) is 0.924. The number of nitriles is 1. The van der Waals surface area contributed by atoms with Crippen molar-refractivity contribution < 1.29 is 4.74 Å². The summed E-state index contributed by atoms with van der Waals surface area (Å²) in [5, 5.41) is 8.67. The summed E-state index contributed by atoms with van der Waals surface area (Å²) in [5.41, 5.74) is 2.85. The van der Waals surface area contributed by atoms with Crippen molar-refractivity contribution in [3.63, 3.8) is 0 Å². The standard InChI is InChI=1S/C19H29NO/c1-7-18(3,4)15-10-11-17(21-13-9-12-20)16(14-15)19(5,6)8-2/h10-11,14H,7-9,13H2,1-6H3. The maximum atomic E-state index is 8.67. The Morgan fingerprint density at radius 3 is 2.19 bits per heavy atom. The lowest BCUT2D eigenvalue weighted by molar-refractivity contribution is 0.313. The van der Waals surface area contributed by atoms with Crippen LogP contribution < -0.4 is 4.74 Å². The van der Waals surface area contributed by atoms with Crippen LogP contribution in [-0.4, -0.2) is 6.61 Å². The van der Waals surface area contributed by atoms with Crippen molar-refractivity contribution in [3.8, 4) is 11.8 Å². The molecule has 0 aliphatic carbocycles. The molecule has 0 aliphatic heterocycles. The van der Waals surface area contributed by atoms with Crippen molar-refractivity contribution in [2.75, 3.05) is 6.61 Å². The Hall–Kier alpha value is -1.49. The molecule has 0 aliphatic rings. The molecular weight excluding hydrogens is 258 g/mol. The maximum Gasteiger partial charge on any atom is 0.123 e. The predicted molar refractivity (Wildman–Crippen MR) is 88.8 cm³/mol. The molecule has 2 heteroatoms. The summed E-state index contributed by atoms with van der Waals surface area (Å²) >= 11 is 0. The van der Waals surface area contributed by atoms with E-state index in [0.29, 0.717) is 13.0 Å². The van der Waals surface area contributed by atoms with Gasteiger partial charge in [-0.05, 0) is 35.3 Å². The van der Waals surface area contributed by atoms with E-state index in [4.69, 9.17) is 10.00 Å². The van der Waals surface area contributed by atoms with Crippen molar-refractivity contribution in [3.05, 3.63) is 29.3 Å². The summed E-state index contributed by atoms with van der Waals surface area (Å²) in [6.45, 7) is 13.9. The molecule has 21 heavy (non-hydrogen) atoms. The molecule has 0 amide bonds. The number of benzene rings is 1. The van der Waals surface area contributed by atoms with E-state index in [1.165, 1.54) is 11.1 Å². The molecule has 0 unspecified atom stereocenters. The first-order valence-corrected chi connectivity index (χ1v) is 7.93. The van der Waals surface area contributed by atoms with E-state index in [1.807, 2.05) is 0 Å². The summed E-state index contributed by atoms with van der Waals surface area (Å²) in [6, 6.07) is 8.68. The monoisotopic (exact) mass is 287 g/mol. The Kier molecular flexibility index (Phi) is 5.84. The van der Waals surface area contributed by atoms with Gasteiger partial charge >= 0.3 is 0 Å². The zero-order valence-corrected chi connectivity index (χ0v) is 14.4. The second kappa shape index (κ2) is 6.98. The minimum Gasteiger partial charge on any atom is -0.492 e. The summed E-state index contributed by atoms with van der Waals surface area (Å²) in [7, 11) is 0. The first-order valence-electron chi connectivity index (χ1n) is 7.93. The number of nitrogens with zero attached hydrogens (tertiary/aromatic N) is 1. The highest BCUT2D eigenvalue weighted by Gasteiger charge is 2.26. The Morgan fingerprint density at radius 2 is 1.67 bits per heavy atom. The Labute approximate surface area is 130 Å². The second-order valence-corrected chi connectivity index (χ2v) is 6.94. The second-order valence-electron chi connectivity index (χ2n) is 6.94. The van der Waals surface area contributed by atoms with Crippen LogP contribution >= 0.6 is 0 Å². The van der Waals surface area contributed by atoms with E-state index in [2.05, 4.69) is 65.8 Å². The summed E-state index contributed by atoms with van der Waals surface area (Å²) in [4.78, 5) is 0. The van der Waals surface area contributed by atoms with Gasteiger partial charge < -0.3 is 4.74 Å². The molecule has 0 N–H and O–H groups in total. The number of hydrogen-bond donors (Lipinski definition) is 0. The van der Waals surface area contributed by atoms with Crippen molar-refractivity contribution in [1.29, 1.82) is 5.26 Å². The van der Waals surface area contributed by atoms with Gasteiger partial charge in [-0.1, -0.05) is 53.7 Å². The third-order valence-corrected chi connectivity index (χ3v) is 4.73. The van der Waals surface area contributed by atoms with Gasteiger partial charge in [-0.2, -0.15) is 5.26 Å². The lowest BCUT2D eigenvalue weighted by Gasteiger charge is -2.30. The van der Waals surface area contributed by atoms with Crippen molar-refractivity contribution in [2.24, 2.45) is 0 Å². The van der Waals surface area contributed by atoms with Gasteiger partial charge in [-0.3, -0.25) is 0 Å². The average Bonchev–Trinajstić information content (AvgIpc) is 2.47. The zero-order valence-electron chi connectivity index (χ0n) is 14.4. The molecule has 0 heterocycles. The topological polar surface area (TPSA) is 33.0 Å². The van der Waals surface area contributed by atoms with Gasteiger partial charge in [0.15, 0.2) is 0 Å². The van der Waals surface area contributed by atoms with Crippen LogP contribution in [0.3, 0.4) is 0 Å². The quantitative estimate of drug-likeness (QED) is 0.633. The predicted octanol–water partition coefficient (Wildman–Crippen LogP) is 5.35. The van der Waals surface area contributed by atoms with Crippen molar-refractivity contribution >= 4 is 0 Å². The molecule has 0 radical (unpaired) electrons. The molecule has 116 valence electrons. The van der Waals surface area contributed by atoms with Crippen molar-refractivity contribution in [1.82, 2.24) is 0 Å². The Bertz CT molecular complexity index is 509. The minimum absolute atomic E-state index is 0.0712. The molecule has 2 nitrogen and oxygen atoms in total. The lowest BCUT2D eigenvalue weighted by atomic mass is 9.76. The smallest absolute Gasteiger partial charge is 0.123 e. The van der Waals surface area contributed by atoms with Gasteiger partial charge in [0.05, 0.1) is 12.5 Å². The molecular formula is C19H29NO. The average molecular weight is 287 g/mol. The molecule has 0 aromatic heterocycles. The third kappa shape index (κ3) is 4.24. The first-order chi connectivity index (χ1) is 9.78. The summed E-state index contributed by atoms with van der Waals surface area (Å²) < 4.78 is 5.84. The normalized spacial score (nSPS) is 12.0. The fraction of sp³-hybridized carbons (Fsp3) is 0.632. The highest BCUT2D eigenvalue weighted by molar-refractivity contribution is 5.44. The highest BCUT2D eigenvalue weighted by atomic mass is 16.5. The molecule has 0 saturated heterocycles. The molecule has 0 spiro atoms. The summed E-state index contributed by atoms with van der Waals surface area (Å²) in [6.07, 6.45) is 2.58. The molecule has 1 aromatic carbocycles. The molecule has 1 aromatic rings. The van der Waals surface area contributed by atoms with Crippen molar-refractivity contribution in [2.45, 2.75) is 71.6 Å². The van der Waals surface area contributed by atoms with Crippen LogP contribution in [0.5, 0.6) is 5.75 Å². The fourth-order valence-electron chi connectivity index (χ4n) is 2.21. The van der Waals surface area contributed by atoms with E-state index in [9.17, 15) is 0 Å². The van der Waals surface area contributed by atoms with Crippen LogP contribution in [0.15, 0.2) is 18.2 Å². The van der Waals surface area contributed by atoms with Crippen LogP contribution in [0.4, 0.5) is 0 Å². The number of ether oxygens (including phenoxy) is 1. The fourth-order valence-corrected chi connectivity index (χ4v) is 2.21. The van der Waals surface area contributed by atoms with E-state index in [0.717, 1.165) is 18.6 Å². The van der Waals surface area contributed by atoms with Crippen LogP contribution in [0.1, 0.15) is 71.9 Å². The van der Waals surface area contributed by atoms with Gasteiger partial charge in [0, 0.05) is 5.56 Å². The highest BCUT2D eigenvalue weighted by Crippen LogP contribution is 2.38. The van der Waals surface area contributed by atoms with Gasteiger partial charge in [-0.25, -0.2) is 0 Å². The Morgan fingerprint density at radius 1 is 1.05 bits per heavy atom. The largest absolute Gasteiger partial charge is 0.492 e. The minimum atomic E-state index is 0.0712. The van der Waals surface area contributed by atoms with Gasteiger partial charge in [0.1, 0.15) is 12.4 Å². The van der Waals surface area contributed by atoms with Crippen LogP contribution in [0, 0.1) is 11.3 Å². The molecule has 0 fully saturated rings. The molecule has 0 saturated carbocycles. The van der Waals surface area contributed by atoms with Gasteiger partial charge in [0.2, 0.25) is 0 Å².